The highest BCUT2D eigenvalue weighted by Crippen LogP contribution is 2.30. The minimum Gasteiger partial charge on any atom is -0.309 e. The van der Waals surface area contributed by atoms with E-state index in [1.807, 2.05) is 20.2 Å². The summed E-state index contributed by atoms with van der Waals surface area (Å²) in [5.41, 5.74) is 0.705. The van der Waals surface area contributed by atoms with Gasteiger partial charge in [0.25, 0.3) is 0 Å². The van der Waals surface area contributed by atoms with Crippen LogP contribution in [0.1, 0.15) is 11.3 Å². The van der Waals surface area contributed by atoms with E-state index in [0.29, 0.717) is 21.5 Å². The Balaban J connectivity index is 1.84. The number of aromatic nitrogens is 1. The smallest absolute Gasteiger partial charge is 0.234 e. The maximum absolute atomic E-state index is 13.5. The Bertz CT molecular complexity index is 909. The van der Waals surface area contributed by atoms with Crippen molar-refractivity contribution < 1.29 is 9.18 Å². The van der Waals surface area contributed by atoms with Crippen molar-refractivity contribution >= 4 is 55.5 Å². The zero-order chi connectivity index (χ0) is 18.7. The second-order valence-electron chi connectivity index (χ2n) is 6.19. The van der Waals surface area contributed by atoms with Crippen LogP contribution >= 0.6 is 34.3 Å². The van der Waals surface area contributed by atoms with Crippen molar-refractivity contribution in [3.05, 3.63) is 45.4 Å². The molecule has 2 aromatic heterocycles. The largest absolute Gasteiger partial charge is 0.309 e. The standard InChI is InChI=1S/C18H19ClFN3OS2/c1-22(2)8-3-9-23(17(24)11-13-5-7-16(19)25-13)18-21-14-6-4-12(20)10-15(14)26-18/h4-7,10H,3,8-9,11H2,1-2H3. The lowest BCUT2D eigenvalue weighted by atomic mass is 10.3. The van der Waals surface area contributed by atoms with E-state index in [1.165, 1.54) is 34.8 Å². The molecule has 2 heterocycles. The first kappa shape index (κ1) is 19.2. The van der Waals surface area contributed by atoms with Gasteiger partial charge in [-0.25, -0.2) is 9.37 Å². The molecule has 0 radical (unpaired) electrons. The van der Waals surface area contributed by atoms with Crippen molar-refractivity contribution in [1.29, 1.82) is 0 Å². The fourth-order valence-electron chi connectivity index (χ4n) is 2.57. The average molecular weight is 412 g/mol. The van der Waals surface area contributed by atoms with Crippen molar-refractivity contribution in [2.45, 2.75) is 12.8 Å². The van der Waals surface area contributed by atoms with Crippen LogP contribution in [0.3, 0.4) is 0 Å². The molecule has 0 atom stereocenters. The molecule has 0 N–H and O–H groups in total. The van der Waals surface area contributed by atoms with Gasteiger partial charge in [0, 0.05) is 11.4 Å². The fraction of sp³-hybridized carbons (Fsp3) is 0.333. The fourth-order valence-corrected chi connectivity index (χ4v) is 4.68. The van der Waals surface area contributed by atoms with Crippen molar-refractivity contribution in [3.8, 4) is 0 Å². The molecule has 1 aromatic carbocycles. The lowest BCUT2D eigenvalue weighted by Crippen LogP contribution is -2.34. The predicted molar refractivity (Wildman–Crippen MR) is 108 cm³/mol. The molecule has 3 aromatic rings. The Morgan fingerprint density at radius 1 is 1.19 bits per heavy atom. The molecule has 0 aliphatic heterocycles. The van der Waals surface area contributed by atoms with Crippen LogP contribution in [0.5, 0.6) is 0 Å². The first-order valence-corrected chi connectivity index (χ1v) is 10.2. The molecule has 26 heavy (non-hydrogen) atoms. The molecule has 0 aliphatic carbocycles. The molecule has 138 valence electrons. The Kier molecular flexibility index (Phi) is 6.24. The summed E-state index contributed by atoms with van der Waals surface area (Å²) < 4.78 is 14.9. The Labute approximate surface area is 164 Å². The van der Waals surface area contributed by atoms with Crippen LogP contribution in [0.2, 0.25) is 4.34 Å². The number of benzene rings is 1. The third-order valence-corrected chi connectivity index (χ3v) is 6.08. The molecule has 8 heteroatoms. The number of hydrogen-bond acceptors (Lipinski definition) is 5. The molecule has 0 saturated carbocycles. The van der Waals surface area contributed by atoms with Gasteiger partial charge in [-0.15, -0.1) is 11.3 Å². The molecule has 0 spiro atoms. The lowest BCUT2D eigenvalue weighted by molar-refractivity contribution is -0.118. The van der Waals surface area contributed by atoms with Gasteiger partial charge in [0.1, 0.15) is 5.82 Å². The molecular formula is C18H19ClFN3OS2. The summed E-state index contributed by atoms with van der Waals surface area (Å²) in [6, 6.07) is 8.16. The minimum absolute atomic E-state index is 0.0261. The summed E-state index contributed by atoms with van der Waals surface area (Å²) in [5.74, 6) is -0.326. The van der Waals surface area contributed by atoms with Crippen LogP contribution < -0.4 is 4.90 Å². The highest BCUT2D eigenvalue weighted by Gasteiger charge is 2.20. The molecule has 0 unspecified atom stereocenters. The number of thiophene rings is 1. The van der Waals surface area contributed by atoms with Gasteiger partial charge in [0.05, 0.1) is 21.0 Å². The summed E-state index contributed by atoms with van der Waals surface area (Å²) in [5, 5.41) is 0.608. The number of halogens is 2. The van der Waals surface area contributed by atoms with E-state index in [0.717, 1.165) is 22.5 Å². The molecule has 4 nitrogen and oxygen atoms in total. The molecule has 0 bridgehead atoms. The first-order chi connectivity index (χ1) is 12.4. The van der Waals surface area contributed by atoms with E-state index in [2.05, 4.69) is 9.88 Å². The second kappa shape index (κ2) is 8.43. The molecular weight excluding hydrogens is 393 g/mol. The highest BCUT2D eigenvalue weighted by molar-refractivity contribution is 7.22. The van der Waals surface area contributed by atoms with E-state index in [4.69, 9.17) is 11.6 Å². The number of carbonyl (C=O) groups is 1. The summed E-state index contributed by atoms with van der Waals surface area (Å²) in [6.45, 7) is 1.44. The molecule has 0 saturated heterocycles. The van der Waals surface area contributed by atoms with Gasteiger partial charge in [-0.05, 0) is 57.4 Å². The predicted octanol–water partition coefficient (Wildman–Crippen LogP) is 4.68. The third-order valence-electron chi connectivity index (χ3n) is 3.81. The van der Waals surface area contributed by atoms with Gasteiger partial charge < -0.3 is 4.90 Å². The SMILES string of the molecule is CN(C)CCCN(C(=O)Cc1ccc(Cl)s1)c1nc2ccc(F)cc2s1. The topological polar surface area (TPSA) is 36.4 Å². The van der Waals surface area contributed by atoms with Crippen molar-refractivity contribution in [2.24, 2.45) is 0 Å². The van der Waals surface area contributed by atoms with Crippen LogP contribution in [-0.4, -0.2) is 43.0 Å². The normalized spacial score (nSPS) is 11.4. The maximum atomic E-state index is 13.5. The van der Waals surface area contributed by atoms with Gasteiger partial charge in [-0.3, -0.25) is 9.69 Å². The highest BCUT2D eigenvalue weighted by atomic mass is 35.5. The zero-order valence-corrected chi connectivity index (χ0v) is 16.9. The first-order valence-electron chi connectivity index (χ1n) is 8.18. The molecule has 3 rings (SSSR count). The van der Waals surface area contributed by atoms with Crippen LogP contribution in [0, 0.1) is 5.82 Å². The quantitative estimate of drug-likeness (QED) is 0.566. The molecule has 0 fully saturated rings. The van der Waals surface area contributed by atoms with E-state index in [9.17, 15) is 9.18 Å². The molecule has 1 amide bonds. The zero-order valence-electron chi connectivity index (χ0n) is 14.5. The van der Waals surface area contributed by atoms with Crippen molar-refractivity contribution in [1.82, 2.24) is 9.88 Å². The summed E-state index contributed by atoms with van der Waals surface area (Å²) in [4.78, 5) is 22.2. The summed E-state index contributed by atoms with van der Waals surface area (Å²) >= 11 is 8.72. The van der Waals surface area contributed by atoms with E-state index >= 15 is 0 Å². The number of carbonyl (C=O) groups excluding carboxylic acids is 1. The van der Waals surface area contributed by atoms with Crippen molar-refractivity contribution in [3.63, 3.8) is 0 Å². The van der Waals surface area contributed by atoms with E-state index in [1.54, 1.807) is 17.0 Å². The average Bonchev–Trinajstić information content (AvgIpc) is 3.16. The number of hydrogen-bond donors (Lipinski definition) is 0. The monoisotopic (exact) mass is 411 g/mol. The van der Waals surface area contributed by atoms with Crippen LogP contribution in [0.4, 0.5) is 9.52 Å². The Morgan fingerprint density at radius 3 is 2.69 bits per heavy atom. The maximum Gasteiger partial charge on any atom is 0.234 e. The lowest BCUT2D eigenvalue weighted by Gasteiger charge is -2.20. The van der Waals surface area contributed by atoms with Crippen molar-refractivity contribution in [2.75, 3.05) is 32.1 Å². The molecule has 0 aliphatic rings. The van der Waals surface area contributed by atoms with Gasteiger partial charge in [-0.1, -0.05) is 22.9 Å². The number of anilines is 1. The number of fused-ring (bicyclic) bond motifs is 1. The van der Waals surface area contributed by atoms with Crippen LogP contribution in [-0.2, 0) is 11.2 Å². The van der Waals surface area contributed by atoms with E-state index in [-0.39, 0.29) is 18.1 Å². The number of amides is 1. The number of nitrogens with zero attached hydrogens (tertiary/aromatic N) is 3. The van der Waals surface area contributed by atoms with Crippen LogP contribution in [0.25, 0.3) is 10.2 Å². The van der Waals surface area contributed by atoms with Gasteiger partial charge >= 0.3 is 0 Å². The summed E-state index contributed by atoms with van der Waals surface area (Å²) in [7, 11) is 4.00. The van der Waals surface area contributed by atoms with Gasteiger partial charge in [0.2, 0.25) is 5.91 Å². The minimum atomic E-state index is -0.300. The Hall–Kier alpha value is -1.54. The summed E-state index contributed by atoms with van der Waals surface area (Å²) in [6.07, 6.45) is 1.11. The Morgan fingerprint density at radius 2 is 2.00 bits per heavy atom. The third kappa shape index (κ3) is 4.79. The number of thiazole rings is 1. The second-order valence-corrected chi connectivity index (χ2v) is 9.00. The van der Waals surface area contributed by atoms with Gasteiger partial charge in [-0.2, -0.15) is 0 Å². The van der Waals surface area contributed by atoms with Crippen LogP contribution in [0.15, 0.2) is 30.3 Å². The number of rotatable bonds is 7. The van der Waals surface area contributed by atoms with Gasteiger partial charge in [0.15, 0.2) is 5.13 Å². The van der Waals surface area contributed by atoms with E-state index < -0.39 is 0 Å².